The first-order valence-electron chi connectivity index (χ1n) is 8.04. The third-order valence-electron chi connectivity index (χ3n) is 3.78. The number of unbranched alkanes of at least 4 members (excludes halogenated alkanes) is 1. The van der Waals surface area contributed by atoms with Gasteiger partial charge >= 0.3 is 0 Å². The number of hydrogen-bond donors (Lipinski definition) is 1. The summed E-state index contributed by atoms with van der Waals surface area (Å²) in [6.07, 6.45) is 9.54. The summed E-state index contributed by atoms with van der Waals surface area (Å²) in [5.41, 5.74) is 6.80. The van der Waals surface area contributed by atoms with Gasteiger partial charge in [0, 0.05) is 11.4 Å². The second-order valence-corrected chi connectivity index (χ2v) is 5.72. The molecule has 1 heteroatoms. The van der Waals surface area contributed by atoms with E-state index in [2.05, 4.69) is 63.5 Å². The van der Waals surface area contributed by atoms with Crippen LogP contribution in [-0.2, 0) is 0 Å². The maximum Gasteiger partial charge on any atom is 0.0419 e. The quantitative estimate of drug-likeness (QED) is 0.530. The van der Waals surface area contributed by atoms with Crippen molar-refractivity contribution in [3.63, 3.8) is 0 Å². The largest absolute Gasteiger partial charge is 0.356 e. The Labute approximate surface area is 136 Å². The van der Waals surface area contributed by atoms with Gasteiger partial charge in [0.25, 0.3) is 0 Å². The summed E-state index contributed by atoms with van der Waals surface area (Å²) < 4.78 is 0. The summed E-state index contributed by atoms with van der Waals surface area (Å²) in [5, 5.41) is 3.43. The molecule has 0 heterocycles. The maximum absolute atomic E-state index is 4.22. The summed E-state index contributed by atoms with van der Waals surface area (Å²) in [4.78, 5) is 0. The second-order valence-electron chi connectivity index (χ2n) is 5.72. The predicted molar refractivity (Wildman–Crippen MR) is 101 cm³/mol. The Kier molecular flexibility index (Phi) is 7.45. The molecule has 1 nitrogen and oxygen atoms in total. The molecule has 22 heavy (non-hydrogen) atoms. The highest BCUT2D eigenvalue weighted by Crippen LogP contribution is 2.26. The maximum atomic E-state index is 4.22. The van der Waals surface area contributed by atoms with Crippen molar-refractivity contribution in [2.24, 2.45) is 0 Å². The Morgan fingerprint density at radius 1 is 1.27 bits per heavy atom. The van der Waals surface area contributed by atoms with Gasteiger partial charge in [-0.15, -0.1) is 0 Å². The van der Waals surface area contributed by atoms with Gasteiger partial charge in [0.05, 0.1) is 0 Å². The van der Waals surface area contributed by atoms with Gasteiger partial charge in [-0.05, 0) is 62.0 Å². The van der Waals surface area contributed by atoms with Gasteiger partial charge in [-0.1, -0.05) is 56.9 Å². The van der Waals surface area contributed by atoms with E-state index in [-0.39, 0.29) is 0 Å². The van der Waals surface area contributed by atoms with E-state index in [1.807, 2.05) is 19.1 Å². The first-order chi connectivity index (χ1) is 10.5. The van der Waals surface area contributed by atoms with Crippen LogP contribution in [0, 0.1) is 6.92 Å². The molecule has 1 aromatic carbocycles. The van der Waals surface area contributed by atoms with Gasteiger partial charge in [0.2, 0.25) is 0 Å². The number of rotatable bonds is 8. The summed E-state index contributed by atoms with van der Waals surface area (Å²) in [6, 6.07) is 6.48. The zero-order chi connectivity index (χ0) is 16.5. The molecule has 0 atom stereocenters. The lowest BCUT2D eigenvalue weighted by Gasteiger charge is -2.15. The van der Waals surface area contributed by atoms with E-state index < -0.39 is 0 Å². The van der Waals surface area contributed by atoms with Crippen LogP contribution in [0.1, 0.15) is 51.2 Å². The standard InChI is InChI=1S/C21H29N/c1-7-9-11-16(3)19(6)22-21-15-20(14-13-18(21)5)17(4)12-10-8-2/h7,9,11,13-15,22H,4,6,8,10,12H2,1-3,5H3/b9-7-,16-11+. The SMILES string of the molecule is C=C(Nc1cc(C(=C)CCCC)ccc1C)/C(C)=C/C=C\C. The van der Waals surface area contributed by atoms with Crippen LogP contribution in [0.5, 0.6) is 0 Å². The Morgan fingerprint density at radius 3 is 2.64 bits per heavy atom. The molecule has 0 aliphatic heterocycles. The van der Waals surface area contributed by atoms with Crippen LogP contribution in [0.25, 0.3) is 5.57 Å². The van der Waals surface area contributed by atoms with Gasteiger partial charge in [0.15, 0.2) is 0 Å². The Bertz CT molecular complexity index is 588. The average Bonchev–Trinajstić information content (AvgIpc) is 2.52. The number of hydrogen-bond acceptors (Lipinski definition) is 1. The summed E-state index contributed by atoms with van der Waals surface area (Å²) in [6.45, 7) is 16.7. The number of nitrogens with one attached hydrogen (secondary N) is 1. The Morgan fingerprint density at radius 2 is 2.00 bits per heavy atom. The third-order valence-corrected chi connectivity index (χ3v) is 3.78. The Balaban J connectivity index is 2.91. The van der Waals surface area contributed by atoms with E-state index >= 15 is 0 Å². The molecule has 1 rings (SSSR count). The van der Waals surface area contributed by atoms with Gasteiger partial charge in [-0.3, -0.25) is 0 Å². The van der Waals surface area contributed by atoms with E-state index in [1.54, 1.807) is 0 Å². The molecule has 0 radical (unpaired) electrons. The predicted octanol–water partition coefficient (Wildman–Crippen LogP) is 6.65. The summed E-state index contributed by atoms with van der Waals surface area (Å²) in [7, 11) is 0. The van der Waals surface area contributed by atoms with Crippen LogP contribution in [0.4, 0.5) is 5.69 Å². The lowest BCUT2D eigenvalue weighted by atomic mass is 9.99. The van der Waals surface area contributed by atoms with Crippen LogP contribution < -0.4 is 5.32 Å². The van der Waals surface area contributed by atoms with Crippen molar-refractivity contribution in [1.29, 1.82) is 0 Å². The Hall–Kier alpha value is -2.02. The van der Waals surface area contributed by atoms with Crippen molar-refractivity contribution in [3.05, 3.63) is 72.0 Å². The smallest absolute Gasteiger partial charge is 0.0419 e. The van der Waals surface area contributed by atoms with Crippen LogP contribution in [-0.4, -0.2) is 0 Å². The summed E-state index contributed by atoms with van der Waals surface area (Å²) >= 11 is 0. The molecule has 0 spiro atoms. The molecule has 1 aromatic rings. The van der Waals surface area contributed by atoms with E-state index in [0.29, 0.717) is 0 Å². The van der Waals surface area contributed by atoms with Crippen molar-refractivity contribution in [1.82, 2.24) is 0 Å². The minimum Gasteiger partial charge on any atom is -0.356 e. The molecule has 0 aromatic heterocycles. The van der Waals surface area contributed by atoms with Crippen LogP contribution in [0.2, 0.25) is 0 Å². The fourth-order valence-corrected chi connectivity index (χ4v) is 2.11. The van der Waals surface area contributed by atoms with Crippen molar-refractivity contribution in [2.45, 2.75) is 47.0 Å². The molecule has 0 unspecified atom stereocenters. The van der Waals surface area contributed by atoms with Gasteiger partial charge < -0.3 is 5.32 Å². The van der Waals surface area contributed by atoms with Crippen LogP contribution in [0.15, 0.2) is 60.9 Å². The first kappa shape index (κ1) is 18.0. The summed E-state index contributed by atoms with van der Waals surface area (Å²) in [5.74, 6) is 0. The molecule has 0 bridgehead atoms. The highest BCUT2D eigenvalue weighted by Gasteiger charge is 2.05. The van der Waals surface area contributed by atoms with Crippen LogP contribution >= 0.6 is 0 Å². The minimum atomic E-state index is 0.928. The fourth-order valence-electron chi connectivity index (χ4n) is 2.11. The van der Waals surface area contributed by atoms with Crippen molar-refractivity contribution < 1.29 is 0 Å². The minimum absolute atomic E-state index is 0.928. The lowest BCUT2D eigenvalue weighted by molar-refractivity contribution is 0.825. The molecular formula is C21H29N. The van der Waals surface area contributed by atoms with Crippen molar-refractivity contribution in [3.8, 4) is 0 Å². The zero-order valence-corrected chi connectivity index (χ0v) is 14.5. The zero-order valence-electron chi connectivity index (χ0n) is 14.5. The average molecular weight is 295 g/mol. The van der Waals surface area contributed by atoms with E-state index in [0.717, 1.165) is 23.4 Å². The molecule has 0 saturated carbocycles. The van der Waals surface area contributed by atoms with E-state index in [1.165, 1.54) is 29.5 Å². The van der Waals surface area contributed by atoms with Gasteiger partial charge in [0.1, 0.15) is 0 Å². The van der Waals surface area contributed by atoms with Crippen molar-refractivity contribution in [2.75, 3.05) is 5.32 Å². The molecule has 0 aliphatic carbocycles. The van der Waals surface area contributed by atoms with E-state index in [9.17, 15) is 0 Å². The second kappa shape index (κ2) is 9.09. The van der Waals surface area contributed by atoms with Gasteiger partial charge in [-0.2, -0.15) is 0 Å². The van der Waals surface area contributed by atoms with Gasteiger partial charge in [-0.25, -0.2) is 0 Å². The molecule has 0 amide bonds. The number of allylic oxidation sites excluding steroid dienone is 5. The molecular weight excluding hydrogens is 266 g/mol. The molecule has 0 fully saturated rings. The van der Waals surface area contributed by atoms with Crippen molar-refractivity contribution >= 4 is 11.3 Å². The normalized spacial score (nSPS) is 11.7. The number of benzene rings is 1. The molecule has 118 valence electrons. The third kappa shape index (κ3) is 5.40. The lowest BCUT2D eigenvalue weighted by Crippen LogP contribution is -2.01. The fraction of sp³-hybridized carbons (Fsp3) is 0.333. The number of aryl methyl sites for hydroxylation is 1. The molecule has 1 N–H and O–H groups in total. The highest BCUT2D eigenvalue weighted by molar-refractivity contribution is 5.70. The molecule has 0 aliphatic rings. The first-order valence-corrected chi connectivity index (χ1v) is 8.04. The molecule has 0 saturated heterocycles. The highest BCUT2D eigenvalue weighted by atomic mass is 14.9. The topological polar surface area (TPSA) is 12.0 Å². The van der Waals surface area contributed by atoms with E-state index in [4.69, 9.17) is 0 Å². The number of anilines is 1. The van der Waals surface area contributed by atoms with Crippen LogP contribution in [0.3, 0.4) is 0 Å². The monoisotopic (exact) mass is 295 g/mol.